The lowest BCUT2D eigenvalue weighted by Crippen LogP contribution is -2.45. The average molecular weight is 273 g/mol. The summed E-state index contributed by atoms with van der Waals surface area (Å²) in [7, 11) is 2.05. The Labute approximate surface area is 121 Å². The minimum absolute atomic E-state index is 0.0164. The predicted molar refractivity (Wildman–Crippen MR) is 81.2 cm³/mol. The maximum Gasteiger partial charge on any atom is 0.335 e. The number of esters is 1. The van der Waals surface area contributed by atoms with Crippen LogP contribution in [0.1, 0.15) is 38.8 Å². The van der Waals surface area contributed by atoms with Crippen molar-refractivity contribution in [3.05, 3.63) is 41.0 Å². The highest BCUT2D eigenvalue weighted by molar-refractivity contribution is 5.97. The molecule has 3 heteroatoms. The van der Waals surface area contributed by atoms with Gasteiger partial charge in [-0.05, 0) is 39.7 Å². The number of fused-ring (bicyclic) bond motifs is 1. The standard InChI is InChI=1S/C17H23NO2/c1-6-20-16(19)12(2)15-14-10-8-7-9-13(14)11-17(3,4)18(15)5/h7-10H,6,11H2,1-5H3/b15-12-. The Hall–Kier alpha value is -1.77. The highest BCUT2D eigenvalue weighted by atomic mass is 16.5. The van der Waals surface area contributed by atoms with E-state index in [-0.39, 0.29) is 11.5 Å². The second-order valence-corrected chi connectivity index (χ2v) is 5.90. The highest BCUT2D eigenvalue weighted by Crippen LogP contribution is 2.38. The van der Waals surface area contributed by atoms with Crippen molar-refractivity contribution in [2.24, 2.45) is 0 Å². The van der Waals surface area contributed by atoms with Crippen LogP contribution in [0.3, 0.4) is 0 Å². The van der Waals surface area contributed by atoms with Gasteiger partial charge in [-0.3, -0.25) is 0 Å². The first-order valence-electron chi connectivity index (χ1n) is 7.08. The number of carbonyl (C=O) groups excluding carboxylic acids is 1. The summed E-state index contributed by atoms with van der Waals surface area (Å²) in [5, 5.41) is 0. The molecule has 1 aliphatic rings. The Kier molecular flexibility index (Phi) is 3.89. The van der Waals surface area contributed by atoms with Crippen LogP contribution >= 0.6 is 0 Å². The van der Waals surface area contributed by atoms with Gasteiger partial charge in [-0.25, -0.2) is 4.79 Å². The molecular weight excluding hydrogens is 250 g/mol. The van der Waals surface area contributed by atoms with Gasteiger partial charge in [-0.15, -0.1) is 0 Å². The Morgan fingerprint density at radius 2 is 2.00 bits per heavy atom. The maximum atomic E-state index is 12.1. The van der Waals surface area contributed by atoms with Gasteiger partial charge >= 0.3 is 5.97 Å². The molecule has 0 aliphatic carbocycles. The molecule has 0 N–H and O–H groups in total. The average Bonchev–Trinajstić information content (AvgIpc) is 2.39. The molecule has 0 unspecified atom stereocenters. The SMILES string of the molecule is CCOC(=O)/C(C)=C1/c2ccccc2CC(C)(C)N1C. The monoisotopic (exact) mass is 273 g/mol. The van der Waals surface area contributed by atoms with E-state index >= 15 is 0 Å². The number of nitrogens with zero attached hydrogens (tertiary/aromatic N) is 1. The normalized spacial score (nSPS) is 19.4. The summed E-state index contributed by atoms with van der Waals surface area (Å²) < 4.78 is 5.16. The molecular formula is C17H23NO2. The third-order valence-electron chi connectivity index (χ3n) is 4.08. The molecule has 0 spiro atoms. The van der Waals surface area contributed by atoms with E-state index in [0.29, 0.717) is 12.2 Å². The molecule has 1 heterocycles. The molecule has 1 aliphatic heterocycles. The van der Waals surface area contributed by atoms with Crippen molar-refractivity contribution < 1.29 is 9.53 Å². The number of carbonyl (C=O) groups is 1. The van der Waals surface area contributed by atoms with Crippen molar-refractivity contribution in [2.45, 2.75) is 39.7 Å². The quantitative estimate of drug-likeness (QED) is 0.612. The van der Waals surface area contributed by atoms with Gasteiger partial charge in [0.2, 0.25) is 0 Å². The highest BCUT2D eigenvalue weighted by Gasteiger charge is 2.34. The zero-order chi connectivity index (χ0) is 14.9. The summed E-state index contributed by atoms with van der Waals surface area (Å²) in [6.07, 6.45) is 0.972. The van der Waals surface area contributed by atoms with Crippen LogP contribution in [-0.4, -0.2) is 30.1 Å². The second kappa shape index (κ2) is 5.31. The van der Waals surface area contributed by atoms with E-state index in [1.807, 2.05) is 27.0 Å². The minimum Gasteiger partial charge on any atom is -0.463 e. The molecule has 0 bridgehead atoms. The molecule has 20 heavy (non-hydrogen) atoms. The fraction of sp³-hybridized carbons (Fsp3) is 0.471. The summed E-state index contributed by atoms with van der Waals surface area (Å²) in [6.45, 7) is 8.47. The topological polar surface area (TPSA) is 29.5 Å². The van der Waals surface area contributed by atoms with Gasteiger partial charge in [-0.2, -0.15) is 0 Å². The zero-order valence-corrected chi connectivity index (χ0v) is 13.0. The lowest BCUT2D eigenvalue weighted by molar-refractivity contribution is -0.138. The zero-order valence-electron chi connectivity index (χ0n) is 13.0. The van der Waals surface area contributed by atoms with E-state index in [4.69, 9.17) is 4.74 Å². The molecule has 0 fully saturated rings. The number of hydrogen-bond donors (Lipinski definition) is 0. The van der Waals surface area contributed by atoms with E-state index in [0.717, 1.165) is 17.7 Å². The Bertz CT molecular complexity index is 558. The molecule has 0 aromatic heterocycles. The number of likely N-dealkylation sites (N-methyl/N-ethyl adjacent to an activating group) is 1. The lowest BCUT2D eigenvalue weighted by atomic mass is 9.83. The van der Waals surface area contributed by atoms with Crippen molar-refractivity contribution in [3.8, 4) is 0 Å². The van der Waals surface area contributed by atoms with Gasteiger partial charge in [-0.1, -0.05) is 24.3 Å². The third-order valence-corrected chi connectivity index (χ3v) is 4.08. The van der Waals surface area contributed by atoms with E-state index < -0.39 is 0 Å². The molecule has 0 saturated heterocycles. The Morgan fingerprint density at radius 1 is 1.35 bits per heavy atom. The van der Waals surface area contributed by atoms with Crippen LogP contribution in [0.4, 0.5) is 0 Å². The van der Waals surface area contributed by atoms with E-state index in [9.17, 15) is 4.79 Å². The molecule has 0 amide bonds. The first kappa shape index (κ1) is 14.6. The summed E-state index contributed by atoms with van der Waals surface area (Å²) in [4.78, 5) is 14.3. The van der Waals surface area contributed by atoms with Gasteiger partial charge in [0.05, 0.1) is 17.9 Å². The van der Waals surface area contributed by atoms with Crippen LogP contribution in [-0.2, 0) is 16.0 Å². The number of rotatable bonds is 2. The Balaban J connectivity index is 2.60. The molecule has 0 saturated carbocycles. The summed E-state index contributed by atoms with van der Waals surface area (Å²) in [5.41, 5.74) is 4.07. The van der Waals surface area contributed by atoms with Crippen LogP contribution in [0.25, 0.3) is 5.70 Å². The maximum absolute atomic E-state index is 12.1. The van der Waals surface area contributed by atoms with Gasteiger partial charge < -0.3 is 9.64 Å². The predicted octanol–water partition coefficient (Wildman–Crippen LogP) is 3.25. The van der Waals surface area contributed by atoms with Gasteiger partial charge in [0.1, 0.15) is 0 Å². The first-order chi connectivity index (χ1) is 9.38. The molecule has 1 aromatic carbocycles. The van der Waals surface area contributed by atoms with Crippen molar-refractivity contribution in [1.82, 2.24) is 4.90 Å². The fourth-order valence-corrected chi connectivity index (χ4v) is 2.76. The van der Waals surface area contributed by atoms with E-state index in [2.05, 4.69) is 36.9 Å². The minimum atomic E-state index is -0.234. The van der Waals surface area contributed by atoms with Crippen LogP contribution in [0.15, 0.2) is 29.8 Å². The van der Waals surface area contributed by atoms with Gasteiger partial charge in [0, 0.05) is 18.2 Å². The van der Waals surface area contributed by atoms with Gasteiger partial charge in [0.25, 0.3) is 0 Å². The van der Waals surface area contributed by atoms with Crippen molar-refractivity contribution in [3.63, 3.8) is 0 Å². The van der Waals surface area contributed by atoms with Crippen LogP contribution in [0.5, 0.6) is 0 Å². The van der Waals surface area contributed by atoms with Crippen molar-refractivity contribution >= 4 is 11.7 Å². The molecule has 0 radical (unpaired) electrons. The van der Waals surface area contributed by atoms with E-state index in [1.54, 1.807) is 0 Å². The number of benzene rings is 1. The summed E-state index contributed by atoms with van der Waals surface area (Å²) >= 11 is 0. The fourth-order valence-electron chi connectivity index (χ4n) is 2.76. The molecule has 108 valence electrons. The van der Waals surface area contributed by atoms with Crippen molar-refractivity contribution in [1.29, 1.82) is 0 Å². The summed E-state index contributed by atoms with van der Waals surface area (Å²) in [6, 6.07) is 8.29. The largest absolute Gasteiger partial charge is 0.463 e. The molecule has 0 atom stereocenters. The van der Waals surface area contributed by atoms with Crippen LogP contribution in [0, 0.1) is 0 Å². The number of ether oxygens (including phenoxy) is 1. The number of hydrogen-bond acceptors (Lipinski definition) is 3. The summed E-state index contributed by atoms with van der Waals surface area (Å²) in [5.74, 6) is -0.234. The third kappa shape index (κ3) is 2.45. The lowest BCUT2D eigenvalue weighted by Gasteiger charge is -2.44. The molecule has 2 rings (SSSR count). The van der Waals surface area contributed by atoms with Gasteiger partial charge in [0.15, 0.2) is 0 Å². The van der Waals surface area contributed by atoms with Crippen molar-refractivity contribution in [2.75, 3.05) is 13.7 Å². The Morgan fingerprint density at radius 3 is 2.65 bits per heavy atom. The van der Waals surface area contributed by atoms with Crippen LogP contribution in [0.2, 0.25) is 0 Å². The first-order valence-corrected chi connectivity index (χ1v) is 7.08. The molecule has 3 nitrogen and oxygen atoms in total. The van der Waals surface area contributed by atoms with Crippen LogP contribution < -0.4 is 0 Å². The molecule has 1 aromatic rings. The smallest absolute Gasteiger partial charge is 0.335 e. The second-order valence-electron chi connectivity index (χ2n) is 5.90. The van der Waals surface area contributed by atoms with E-state index in [1.165, 1.54) is 5.56 Å².